The maximum Gasteiger partial charge on any atom is 0.227 e. The lowest BCUT2D eigenvalue weighted by Crippen LogP contribution is -2.16. The molecule has 5 nitrogen and oxygen atoms in total. The summed E-state index contributed by atoms with van der Waals surface area (Å²) in [5, 5.41) is 3.30. The average molecular weight is 399 g/mol. The van der Waals surface area contributed by atoms with Gasteiger partial charge in [-0.1, -0.05) is 48.6 Å². The van der Waals surface area contributed by atoms with Gasteiger partial charge in [0, 0.05) is 30.5 Å². The van der Waals surface area contributed by atoms with Crippen molar-refractivity contribution in [2.24, 2.45) is 0 Å². The Bertz CT molecular complexity index is 1030. The molecule has 0 fully saturated rings. The van der Waals surface area contributed by atoms with Gasteiger partial charge in [0.05, 0.1) is 18.9 Å². The number of ether oxygens (including phenoxy) is 1. The maximum atomic E-state index is 5.80. The minimum absolute atomic E-state index is 0.560. The van der Waals surface area contributed by atoms with Gasteiger partial charge in [0.1, 0.15) is 0 Å². The zero-order valence-corrected chi connectivity index (χ0v) is 17.2. The summed E-state index contributed by atoms with van der Waals surface area (Å²) in [4.78, 5) is 11.3. The number of nitrogens with zero attached hydrogens (tertiary/aromatic N) is 3. The Balaban J connectivity index is 1.64. The summed E-state index contributed by atoms with van der Waals surface area (Å²) in [5.41, 5.74) is 5.15. The van der Waals surface area contributed by atoms with Crippen LogP contribution in [0.1, 0.15) is 18.1 Å². The normalized spacial score (nSPS) is 16.5. The van der Waals surface area contributed by atoms with Crippen molar-refractivity contribution < 1.29 is 4.74 Å². The van der Waals surface area contributed by atoms with E-state index in [9.17, 15) is 0 Å². The molecule has 3 heterocycles. The van der Waals surface area contributed by atoms with Crippen molar-refractivity contribution in [1.82, 2.24) is 14.9 Å². The summed E-state index contributed by atoms with van der Waals surface area (Å²) in [5.74, 6) is 0.575. The van der Waals surface area contributed by atoms with Crippen LogP contribution in [-0.4, -0.2) is 34.6 Å². The molecule has 152 valence electrons. The zero-order valence-electron chi connectivity index (χ0n) is 17.2. The highest BCUT2D eigenvalue weighted by Gasteiger charge is 2.04. The number of likely N-dealkylation sites (N-methyl/N-ethyl adjacent to an activating group) is 1. The van der Waals surface area contributed by atoms with Gasteiger partial charge in [-0.05, 0) is 48.5 Å². The third-order valence-corrected chi connectivity index (χ3v) is 4.92. The van der Waals surface area contributed by atoms with Crippen LogP contribution < -0.4 is 5.32 Å². The largest absolute Gasteiger partial charge is 0.374 e. The molecule has 0 amide bonds. The first-order chi connectivity index (χ1) is 14.8. The molecule has 0 radical (unpaired) electrons. The SMILES string of the molecule is CCN1/C=C\c2ccc(cc2)-c2ccnc(n2)Nc2cccc(c2)COC/C=C\C1. The molecule has 0 spiro atoms. The van der Waals surface area contributed by atoms with Crippen molar-refractivity contribution in [3.63, 3.8) is 0 Å². The fraction of sp³-hybridized carbons (Fsp3) is 0.200. The molecule has 0 unspecified atom stereocenters. The van der Waals surface area contributed by atoms with Crippen LogP contribution in [0.25, 0.3) is 17.3 Å². The summed E-state index contributed by atoms with van der Waals surface area (Å²) in [6, 6.07) is 18.5. The van der Waals surface area contributed by atoms with Crippen molar-refractivity contribution in [2.45, 2.75) is 13.5 Å². The third kappa shape index (κ3) is 5.33. The zero-order chi connectivity index (χ0) is 20.6. The minimum atomic E-state index is 0.560. The number of hydrogen-bond acceptors (Lipinski definition) is 5. The second-order valence-electron chi connectivity index (χ2n) is 7.10. The van der Waals surface area contributed by atoms with E-state index in [2.05, 4.69) is 87.9 Å². The number of hydrogen-bond donors (Lipinski definition) is 1. The number of nitrogens with one attached hydrogen (secondary N) is 1. The van der Waals surface area contributed by atoms with E-state index in [1.54, 1.807) is 6.20 Å². The van der Waals surface area contributed by atoms with Crippen LogP contribution >= 0.6 is 0 Å². The number of fused-ring (bicyclic) bond motifs is 8. The molecule has 1 aromatic heterocycles. The van der Waals surface area contributed by atoms with Crippen LogP contribution in [0.5, 0.6) is 0 Å². The van der Waals surface area contributed by atoms with Gasteiger partial charge in [-0.2, -0.15) is 0 Å². The first-order valence-electron chi connectivity index (χ1n) is 10.2. The van der Waals surface area contributed by atoms with Crippen LogP contribution in [-0.2, 0) is 11.3 Å². The van der Waals surface area contributed by atoms with Gasteiger partial charge in [0.15, 0.2) is 0 Å². The number of anilines is 2. The van der Waals surface area contributed by atoms with E-state index in [1.807, 2.05) is 18.2 Å². The molecule has 0 saturated carbocycles. The van der Waals surface area contributed by atoms with Gasteiger partial charge >= 0.3 is 0 Å². The van der Waals surface area contributed by atoms with E-state index in [-0.39, 0.29) is 0 Å². The Morgan fingerprint density at radius 3 is 2.83 bits per heavy atom. The van der Waals surface area contributed by atoms with Crippen LogP contribution in [0, 0.1) is 0 Å². The van der Waals surface area contributed by atoms with Crippen molar-refractivity contribution in [1.29, 1.82) is 0 Å². The second kappa shape index (κ2) is 9.85. The lowest BCUT2D eigenvalue weighted by molar-refractivity contribution is 0.148. The summed E-state index contributed by atoms with van der Waals surface area (Å²) in [6.45, 7) is 5.11. The molecule has 1 N–H and O–H groups in total. The predicted octanol–water partition coefficient (Wildman–Crippen LogP) is 5.27. The monoisotopic (exact) mass is 398 g/mol. The smallest absolute Gasteiger partial charge is 0.227 e. The standard InChI is InChI=1S/C25H26N4O/c1-2-29-15-3-4-17-30-19-21-6-5-7-23(18-21)27-25-26-14-12-24(28-25)22-10-8-20(9-11-22)13-16-29/h3-14,16,18H,2,15,17,19H2,1H3,(H,26,27,28)/b4-3-,16-13-. The summed E-state index contributed by atoms with van der Waals surface area (Å²) < 4.78 is 5.80. The molecule has 2 aliphatic rings. The summed E-state index contributed by atoms with van der Waals surface area (Å²) >= 11 is 0. The molecule has 0 saturated heterocycles. The second-order valence-corrected chi connectivity index (χ2v) is 7.10. The fourth-order valence-electron chi connectivity index (χ4n) is 3.22. The fourth-order valence-corrected chi connectivity index (χ4v) is 3.22. The topological polar surface area (TPSA) is 50.3 Å². The maximum absolute atomic E-state index is 5.80. The van der Waals surface area contributed by atoms with E-state index >= 15 is 0 Å². The van der Waals surface area contributed by atoms with Crippen molar-refractivity contribution in [3.8, 4) is 11.3 Å². The van der Waals surface area contributed by atoms with Gasteiger partial charge in [-0.15, -0.1) is 0 Å². The Morgan fingerprint density at radius 1 is 1.07 bits per heavy atom. The van der Waals surface area contributed by atoms with Gasteiger partial charge in [-0.3, -0.25) is 0 Å². The van der Waals surface area contributed by atoms with E-state index in [1.165, 1.54) is 0 Å². The lowest BCUT2D eigenvalue weighted by Gasteiger charge is -2.15. The van der Waals surface area contributed by atoms with E-state index in [0.29, 0.717) is 19.2 Å². The molecular weight excluding hydrogens is 372 g/mol. The first-order valence-corrected chi connectivity index (χ1v) is 10.2. The Kier molecular flexibility index (Phi) is 6.52. The first kappa shape index (κ1) is 19.9. The van der Waals surface area contributed by atoms with Crippen LogP contribution in [0.3, 0.4) is 0 Å². The van der Waals surface area contributed by atoms with Crippen molar-refractivity contribution in [3.05, 3.63) is 90.3 Å². The van der Waals surface area contributed by atoms with E-state index in [4.69, 9.17) is 4.74 Å². The highest BCUT2D eigenvalue weighted by Crippen LogP contribution is 2.21. The molecule has 2 aliphatic heterocycles. The van der Waals surface area contributed by atoms with E-state index in [0.717, 1.165) is 41.2 Å². The summed E-state index contributed by atoms with van der Waals surface area (Å²) in [7, 11) is 0. The summed E-state index contributed by atoms with van der Waals surface area (Å²) in [6.07, 6.45) is 10.3. The molecule has 0 aliphatic carbocycles. The Hall–Kier alpha value is -3.44. The highest BCUT2D eigenvalue weighted by atomic mass is 16.5. The van der Waals surface area contributed by atoms with Crippen molar-refractivity contribution >= 4 is 17.7 Å². The molecular formula is C25H26N4O. The molecule has 3 aromatic rings. The van der Waals surface area contributed by atoms with Gasteiger partial charge in [-0.25, -0.2) is 9.97 Å². The van der Waals surface area contributed by atoms with Gasteiger partial charge < -0.3 is 15.0 Å². The molecule has 2 aromatic carbocycles. The number of benzene rings is 2. The number of aromatic nitrogens is 2. The van der Waals surface area contributed by atoms with Crippen LogP contribution in [0.4, 0.5) is 11.6 Å². The Labute approximate surface area is 177 Å². The number of rotatable bonds is 1. The third-order valence-electron chi connectivity index (χ3n) is 4.92. The minimum Gasteiger partial charge on any atom is -0.374 e. The van der Waals surface area contributed by atoms with Gasteiger partial charge in [0.25, 0.3) is 0 Å². The van der Waals surface area contributed by atoms with Gasteiger partial charge in [0.2, 0.25) is 5.95 Å². The molecule has 6 bridgehead atoms. The van der Waals surface area contributed by atoms with E-state index < -0.39 is 0 Å². The highest BCUT2D eigenvalue weighted by molar-refractivity contribution is 5.64. The molecule has 30 heavy (non-hydrogen) atoms. The molecule has 0 atom stereocenters. The predicted molar refractivity (Wildman–Crippen MR) is 122 cm³/mol. The molecule has 5 rings (SSSR count). The average Bonchev–Trinajstić information content (AvgIpc) is 2.78. The Morgan fingerprint density at radius 2 is 1.97 bits per heavy atom. The lowest BCUT2D eigenvalue weighted by atomic mass is 10.1. The van der Waals surface area contributed by atoms with Crippen LogP contribution in [0.15, 0.2) is 79.1 Å². The van der Waals surface area contributed by atoms with Crippen LogP contribution in [0.2, 0.25) is 0 Å². The quantitative estimate of drug-likeness (QED) is 0.566. The van der Waals surface area contributed by atoms with Crippen molar-refractivity contribution in [2.75, 3.05) is 25.0 Å². The molecule has 5 heteroatoms.